The number of methoxy groups -OCH3 is 1. The molecule has 0 saturated carbocycles. The number of hydrogen-bond acceptors (Lipinski definition) is 3. The molecule has 0 atom stereocenters. The zero-order valence-corrected chi connectivity index (χ0v) is 21.9. The Balaban J connectivity index is 2.02. The van der Waals surface area contributed by atoms with Crippen molar-refractivity contribution in [1.29, 1.82) is 0 Å². The van der Waals surface area contributed by atoms with E-state index < -0.39 is 0 Å². The SMILES string of the molecule is COc1c([C](=[Ru]=[C]2NCCN2)c2ccccc2C(C)C)cccc1-c1ccccc1C(C)C. The Morgan fingerprint density at radius 3 is 1.97 bits per heavy atom. The van der Waals surface area contributed by atoms with Crippen molar-refractivity contribution in [2.24, 2.45) is 0 Å². The van der Waals surface area contributed by atoms with Crippen molar-refractivity contribution in [2.75, 3.05) is 20.2 Å². The van der Waals surface area contributed by atoms with Crippen LogP contribution in [0.15, 0.2) is 66.7 Å². The number of para-hydroxylation sites is 1. The number of benzene rings is 3. The maximum absolute atomic E-state index is 6.18. The molecule has 3 nitrogen and oxygen atoms in total. The summed E-state index contributed by atoms with van der Waals surface area (Å²) >= 11 is -0.211. The van der Waals surface area contributed by atoms with E-state index in [2.05, 4.69) is 105 Å². The van der Waals surface area contributed by atoms with Gasteiger partial charge in [0.1, 0.15) is 0 Å². The summed E-state index contributed by atoms with van der Waals surface area (Å²) in [6.45, 7) is 11.0. The maximum atomic E-state index is 6.18. The second kappa shape index (κ2) is 10.8. The minimum absolute atomic E-state index is 0.211. The van der Waals surface area contributed by atoms with Crippen molar-refractivity contribution in [1.82, 2.24) is 10.6 Å². The molecule has 1 heterocycles. The van der Waals surface area contributed by atoms with Crippen LogP contribution in [-0.4, -0.2) is 28.7 Å². The van der Waals surface area contributed by atoms with Gasteiger partial charge < -0.3 is 0 Å². The molecule has 1 saturated heterocycles. The van der Waals surface area contributed by atoms with Gasteiger partial charge in [0.25, 0.3) is 0 Å². The molecule has 0 unspecified atom stereocenters. The molecule has 2 N–H and O–H groups in total. The van der Waals surface area contributed by atoms with Crippen LogP contribution in [0, 0.1) is 0 Å². The van der Waals surface area contributed by atoms with Crippen LogP contribution in [0.4, 0.5) is 0 Å². The number of rotatable bonds is 6. The first-order valence-electron chi connectivity index (χ1n) is 11.7. The molecule has 1 aliphatic heterocycles. The van der Waals surface area contributed by atoms with Gasteiger partial charge in [0, 0.05) is 0 Å². The molecule has 0 aromatic heterocycles. The van der Waals surface area contributed by atoms with Crippen molar-refractivity contribution in [3.63, 3.8) is 0 Å². The van der Waals surface area contributed by atoms with E-state index in [1.165, 1.54) is 36.3 Å². The average molecular weight is 528 g/mol. The Hall–Kier alpha value is -2.26. The topological polar surface area (TPSA) is 33.3 Å². The number of nitrogens with one attached hydrogen (secondary N) is 2. The van der Waals surface area contributed by atoms with Crippen molar-refractivity contribution in [2.45, 2.75) is 39.5 Å². The normalized spacial score (nSPS) is 13.7. The molecule has 0 spiro atoms. The Labute approximate surface area is 205 Å². The fourth-order valence-electron chi connectivity index (χ4n) is 4.37. The second-order valence-corrected chi connectivity index (χ2v) is 11.1. The summed E-state index contributed by atoms with van der Waals surface area (Å²) in [7, 11) is 1.81. The monoisotopic (exact) mass is 528 g/mol. The Kier molecular flexibility index (Phi) is 7.80. The quantitative estimate of drug-likeness (QED) is 0.413. The second-order valence-electron chi connectivity index (χ2n) is 8.92. The Morgan fingerprint density at radius 2 is 1.30 bits per heavy atom. The van der Waals surface area contributed by atoms with E-state index in [0.29, 0.717) is 11.8 Å². The van der Waals surface area contributed by atoms with Gasteiger partial charge in [-0.15, -0.1) is 0 Å². The third kappa shape index (κ3) is 5.14. The van der Waals surface area contributed by atoms with Crippen molar-refractivity contribution >= 4 is 8.46 Å². The molecular weight excluding hydrogens is 493 g/mol. The molecule has 0 aliphatic carbocycles. The molecule has 33 heavy (non-hydrogen) atoms. The summed E-state index contributed by atoms with van der Waals surface area (Å²) < 4.78 is 8.82. The average Bonchev–Trinajstić information content (AvgIpc) is 3.35. The standard InChI is InChI=1S/C26H28O.C3H6N2.Ru/c1-18(2)22-13-7-6-11-20(22)17-21-12-10-16-25(26(21)27-5)24-15-9-8-14-23(24)19(3)4;1-2-5-3-4-1;/h6-16,18-19H,1-5H3;4-5H,1-2H2;. The van der Waals surface area contributed by atoms with Crippen LogP contribution >= 0.6 is 0 Å². The molecule has 4 heteroatoms. The first-order valence-corrected chi connectivity index (χ1v) is 13.4. The van der Waals surface area contributed by atoms with Crippen molar-refractivity contribution < 1.29 is 21.0 Å². The summed E-state index contributed by atoms with van der Waals surface area (Å²) in [5, 5.41) is 7.13. The van der Waals surface area contributed by atoms with Gasteiger partial charge in [-0.1, -0.05) is 0 Å². The third-order valence-corrected chi connectivity index (χ3v) is 8.41. The van der Waals surface area contributed by atoms with Gasteiger partial charge in [0.05, 0.1) is 0 Å². The van der Waals surface area contributed by atoms with Crippen molar-refractivity contribution in [3.05, 3.63) is 89.0 Å². The van der Waals surface area contributed by atoms with Crippen LogP contribution in [0.5, 0.6) is 5.75 Å². The van der Waals surface area contributed by atoms with E-state index in [9.17, 15) is 0 Å². The number of ether oxygens (including phenoxy) is 1. The first-order chi connectivity index (χ1) is 16.0. The zero-order valence-electron chi connectivity index (χ0n) is 20.2. The van der Waals surface area contributed by atoms with Crippen molar-refractivity contribution in [3.8, 4) is 16.9 Å². The van der Waals surface area contributed by atoms with Gasteiger partial charge in [-0.05, 0) is 0 Å². The molecular formula is C29H34N2ORu. The van der Waals surface area contributed by atoms with Crippen LogP contribution in [-0.2, 0) is 16.2 Å². The Morgan fingerprint density at radius 1 is 0.727 bits per heavy atom. The van der Waals surface area contributed by atoms with Gasteiger partial charge in [0.2, 0.25) is 0 Å². The van der Waals surface area contributed by atoms with E-state index in [1.807, 2.05) is 7.11 Å². The van der Waals surface area contributed by atoms with Gasteiger partial charge in [-0.2, -0.15) is 0 Å². The predicted molar refractivity (Wildman–Crippen MR) is 137 cm³/mol. The van der Waals surface area contributed by atoms with E-state index in [4.69, 9.17) is 4.74 Å². The van der Waals surface area contributed by atoms with Gasteiger partial charge in [-0.3, -0.25) is 0 Å². The van der Waals surface area contributed by atoms with E-state index in [0.717, 1.165) is 24.4 Å². The van der Waals surface area contributed by atoms with Gasteiger partial charge in [0.15, 0.2) is 0 Å². The summed E-state index contributed by atoms with van der Waals surface area (Å²) in [5.41, 5.74) is 7.68. The van der Waals surface area contributed by atoms with Crippen LogP contribution in [0.25, 0.3) is 11.1 Å². The molecule has 0 bridgehead atoms. The van der Waals surface area contributed by atoms with Gasteiger partial charge in [-0.25, -0.2) is 0 Å². The third-order valence-electron chi connectivity index (χ3n) is 5.99. The fraction of sp³-hybridized carbons (Fsp3) is 0.310. The minimum atomic E-state index is -0.211. The van der Waals surface area contributed by atoms with Crippen LogP contribution in [0.3, 0.4) is 0 Å². The van der Waals surface area contributed by atoms with E-state index in [1.54, 1.807) is 0 Å². The van der Waals surface area contributed by atoms with Crippen LogP contribution < -0.4 is 15.4 Å². The predicted octanol–water partition coefficient (Wildman–Crippen LogP) is 5.54. The fourth-order valence-corrected chi connectivity index (χ4v) is 6.75. The molecule has 1 fully saturated rings. The summed E-state index contributed by atoms with van der Waals surface area (Å²) in [6, 6.07) is 24.2. The molecule has 3 aromatic rings. The molecule has 3 aromatic carbocycles. The molecule has 0 amide bonds. The number of hydrogen-bond donors (Lipinski definition) is 2. The molecule has 4 rings (SSSR count). The Bertz CT molecular complexity index is 1200. The zero-order chi connectivity index (χ0) is 23.4. The summed E-state index contributed by atoms with van der Waals surface area (Å²) in [4.78, 5) is 0. The van der Waals surface area contributed by atoms with E-state index >= 15 is 0 Å². The van der Waals surface area contributed by atoms with Gasteiger partial charge >= 0.3 is 206 Å². The molecule has 1 aliphatic rings. The summed E-state index contributed by atoms with van der Waals surface area (Å²) in [6.07, 6.45) is 0. The molecule has 0 radical (unpaired) electrons. The summed E-state index contributed by atoms with van der Waals surface area (Å²) in [5.74, 6) is 1.85. The van der Waals surface area contributed by atoms with E-state index in [-0.39, 0.29) is 16.2 Å². The van der Waals surface area contributed by atoms with Crippen LogP contribution in [0.2, 0.25) is 0 Å². The van der Waals surface area contributed by atoms with Crippen LogP contribution in [0.1, 0.15) is 61.8 Å². The molecule has 174 valence electrons. The first kappa shape index (κ1) is 23.9.